The Balaban J connectivity index is 1.86. The normalized spacial score (nSPS) is 16.6. The molecule has 1 aliphatic rings. The number of amides is 1. The zero-order valence-electron chi connectivity index (χ0n) is 15.5. The Bertz CT molecular complexity index is 822. The van der Waals surface area contributed by atoms with Gasteiger partial charge in [0.2, 0.25) is 0 Å². The lowest BCUT2D eigenvalue weighted by molar-refractivity contribution is 0.0506. The number of benzene rings is 1. The molecule has 0 aliphatic carbocycles. The molecule has 3 rings (SSSR count). The van der Waals surface area contributed by atoms with Crippen LogP contribution in [0.5, 0.6) is 0 Å². The molecule has 0 N–H and O–H groups in total. The first-order chi connectivity index (χ1) is 12.6. The van der Waals surface area contributed by atoms with E-state index in [1.807, 2.05) is 43.0 Å². The van der Waals surface area contributed by atoms with Gasteiger partial charge in [0.15, 0.2) is 0 Å². The third-order valence-corrected chi connectivity index (χ3v) is 4.94. The Labute approximate surface area is 154 Å². The highest BCUT2D eigenvalue weighted by atomic mass is 16.5. The fraction of sp³-hybridized carbons (Fsp3) is 0.429. The summed E-state index contributed by atoms with van der Waals surface area (Å²) in [6.07, 6.45) is 3.76. The number of pyridine rings is 1. The van der Waals surface area contributed by atoms with E-state index in [1.165, 1.54) is 6.07 Å². The van der Waals surface area contributed by atoms with Gasteiger partial charge in [-0.1, -0.05) is 24.3 Å². The molecule has 138 valence electrons. The molecule has 1 aliphatic heterocycles. The van der Waals surface area contributed by atoms with Crippen LogP contribution in [0.4, 0.5) is 0 Å². The van der Waals surface area contributed by atoms with Crippen LogP contribution < -0.4 is 5.56 Å². The average molecular weight is 354 g/mol. The minimum Gasteiger partial charge on any atom is -0.376 e. The van der Waals surface area contributed by atoms with Crippen molar-refractivity contribution in [3.8, 4) is 0 Å². The standard InChI is InChI=1S/C21H26N2O3/c1-3-22-11-10-17(13-20(22)24)21(25)23(15-19-9-6-12-26-19)14-18-8-5-4-7-16(18)2/h4-5,7-8,10-11,13,19H,3,6,9,12,14-15H2,1-2H3/t19-/m0/s1. The van der Waals surface area contributed by atoms with E-state index in [9.17, 15) is 9.59 Å². The molecule has 5 nitrogen and oxygen atoms in total. The van der Waals surface area contributed by atoms with Crippen LogP contribution in [0.3, 0.4) is 0 Å². The highest BCUT2D eigenvalue weighted by Gasteiger charge is 2.24. The topological polar surface area (TPSA) is 51.5 Å². The summed E-state index contributed by atoms with van der Waals surface area (Å²) in [4.78, 5) is 27.1. The number of hydrogen-bond donors (Lipinski definition) is 0. The van der Waals surface area contributed by atoms with Crippen molar-refractivity contribution >= 4 is 5.91 Å². The molecule has 0 bridgehead atoms. The zero-order chi connectivity index (χ0) is 18.5. The zero-order valence-corrected chi connectivity index (χ0v) is 15.5. The van der Waals surface area contributed by atoms with Crippen LogP contribution in [0.15, 0.2) is 47.4 Å². The number of rotatable bonds is 6. The van der Waals surface area contributed by atoms with E-state index < -0.39 is 0 Å². The molecule has 0 spiro atoms. The predicted molar refractivity (Wildman–Crippen MR) is 101 cm³/mol. The van der Waals surface area contributed by atoms with Crippen molar-refractivity contribution in [1.29, 1.82) is 0 Å². The van der Waals surface area contributed by atoms with Crippen molar-refractivity contribution in [3.63, 3.8) is 0 Å². The fourth-order valence-electron chi connectivity index (χ4n) is 3.33. The Morgan fingerprint density at radius 3 is 2.77 bits per heavy atom. The minimum absolute atomic E-state index is 0.0685. The van der Waals surface area contributed by atoms with Gasteiger partial charge >= 0.3 is 0 Å². The second-order valence-electron chi connectivity index (χ2n) is 6.79. The quantitative estimate of drug-likeness (QED) is 0.801. The lowest BCUT2D eigenvalue weighted by Gasteiger charge is -2.26. The smallest absolute Gasteiger partial charge is 0.254 e. The van der Waals surface area contributed by atoms with Gasteiger partial charge in [-0.3, -0.25) is 9.59 Å². The van der Waals surface area contributed by atoms with E-state index >= 15 is 0 Å². The van der Waals surface area contributed by atoms with Crippen LogP contribution in [0.1, 0.15) is 41.3 Å². The highest BCUT2D eigenvalue weighted by Crippen LogP contribution is 2.18. The number of aryl methyl sites for hydroxylation is 2. The molecule has 1 saturated heterocycles. The maximum absolute atomic E-state index is 13.1. The average Bonchev–Trinajstić information content (AvgIpc) is 3.15. The summed E-state index contributed by atoms with van der Waals surface area (Å²) in [7, 11) is 0. The molecular weight excluding hydrogens is 328 g/mol. The van der Waals surface area contributed by atoms with Gasteiger partial charge in [-0.15, -0.1) is 0 Å². The number of nitrogens with zero attached hydrogens (tertiary/aromatic N) is 2. The molecule has 1 aromatic carbocycles. The van der Waals surface area contributed by atoms with E-state index in [0.717, 1.165) is 30.6 Å². The van der Waals surface area contributed by atoms with Crippen LogP contribution in [-0.4, -0.2) is 34.6 Å². The lowest BCUT2D eigenvalue weighted by Crippen LogP contribution is -2.37. The summed E-state index contributed by atoms with van der Waals surface area (Å²) in [5.41, 5.74) is 2.55. The van der Waals surface area contributed by atoms with Gasteiger partial charge in [0.05, 0.1) is 6.10 Å². The van der Waals surface area contributed by atoms with Gasteiger partial charge < -0.3 is 14.2 Å². The third kappa shape index (κ3) is 4.22. The SMILES string of the molecule is CCn1ccc(C(=O)N(Cc2ccccc2C)C[C@@H]2CCCO2)cc1=O. The Hall–Kier alpha value is -2.40. The number of carbonyl (C=O) groups excluding carboxylic acids is 1. The third-order valence-electron chi connectivity index (χ3n) is 4.94. The van der Waals surface area contributed by atoms with Gasteiger partial charge in [-0.05, 0) is 43.9 Å². The van der Waals surface area contributed by atoms with E-state index in [-0.39, 0.29) is 17.6 Å². The summed E-state index contributed by atoms with van der Waals surface area (Å²) >= 11 is 0. The molecule has 1 aromatic heterocycles. The molecule has 1 fully saturated rings. The molecule has 2 aromatic rings. The van der Waals surface area contributed by atoms with Crippen LogP contribution >= 0.6 is 0 Å². The first kappa shape index (κ1) is 18.4. The summed E-state index contributed by atoms with van der Waals surface area (Å²) in [6.45, 7) is 6.36. The summed E-state index contributed by atoms with van der Waals surface area (Å²) < 4.78 is 7.32. The summed E-state index contributed by atoms with van der Waals surface area (Å²) in [6, 6.07) is 11.2. The molecule has 2 heterocycles. The molecular formula is C21H26N2O3. The molecule has 0 saturated carbocycles. The molecule has 0 unspecified atom stereocenters. The predicted octanol–water partition coefficient (Wildman–Crippen LogP) is 3.00. The number of hydrogen-bond acceptors (Lipinski definition) is 3. The van der Waals surface area contributed by atoms with E-state index in [1.54, 1.807) is 16.8 Å². The number of ether oxygens (including phenoxy) is 1. The summed E-state index contributed by atoms with van der Waals surface area (Å²) in [5.74, 6) is -0.121. The van der Waals surface area contributed by atoms with Gasteiger partial charge in [0, 0.05) is 44.1 Å². The largest absolute Gasteiger partial charge is 0.376 e. The maximum Gasteiger partial charge on any atom is 0.254 e. The first-order valence-electron chi connectivity index (χ1n) is 9.24. The van der Waals surface area contributed by atoms with Crippen molar-refractivity contribution in [3.05, 3.63) is 69.6 Å². The number of aromatic nitrogens is 1. The van der Waals surface area contributed by atoms with Crippen molar-refractivity contribution in [2.24, 2.45) is 0 Å². The maximum atomic E-state index is 13.1. The van der Waals surface area contributed by atoms with Crippen molar-refractivity contribution in [2.45, 2.75) is 45.9 Å². The van der Waals surface area contributed by atoms with Crippen molar-refractivity contribution < 1.29 is 9.53 Å². The molecule has 26 heavy (non-hydrogen) atoms. The Morgan fingerprint density at radius 2 is 2.12 bits per heavy atom. The van der Waals surface area contributed by atoms with Crippen LogP contribution in [-0.2, 0) is 17.8 Å². The summed E-state index contributed by atoms with van der Waals surface area (Å²) in [5, 5.41) is 0. The minimum atomic E-state index is -0.147. The Kier molecular flexibility index (Phi) is 5.89. The van der Waals surface area contributed by atoms with Crippen LogP contribution in [0, 0.1) is 6.92 Å². The van der Waals surface area contributed by atoms with Gasteiger partial charge in [-0.25, -0.2) is 0 Å². The van der Waals surface area contributed by atoms with Crippen LogP contribution in [0.2, 0.25) is 0 Å². The molecule has 1 atom stereocenters. The van der Waals surface area contributed by atoms with E-state index in [4.69, 9.17) is 4.74 Å². The molecule has 5 heteroatoms. The van der Waals surface area contributed by atoms with Crippen molar-refractivity contribution in [2.75, 3.05) is 13.2 Å². The van der Waals surface area contributed by atoms with Crippen molar-refractivity contribution in [1.82, 2.24) is 9.47 Å². The highest BCUT2D eigenvalue weighted by molar-refractivity contribution is 5.94. The fourth-order valence-corrected chi connectivity index (χ4v) is 3.33. The second kappa shape index (κ2) is 8.32. The van der Waals surface area contributed by atoms with Gasteiger partial charge in [-0.2, -0.15) is 0 Å². The lowest BCUT2D eigenvalue weighted by atomic mass is 10.1. The first-order valence-corrected chi connectivity index (χ1v) is 9.24. The molecule has 1 amide bonds. The Morgan fingerprint density at radius 1 is 1.31 bits per heavy atom. The molecule has 0 radical (unpaired) electrons. The number of carbonyl (C=O) groups is 1. The van der Waals surface area contributed by atoms with E-state index in [0.29, 0.717) is 25.2 Å². The van der Waals surface area contributed by atoms with Crippen LogP contribution in [0.25, 0.3) is 0 Å². The van der Waals surface area contributed by atoms with Gasteiger partial charge in [0.1, 0.15) is 0 Å². The van der Waals surface area contributed by atoms with Gasteiger partial charge in [0.25, 0.3) is 11.5 Å². The van der Waals surface area contributed by atoms with E-state index in [2.05, 4.69) is 0 Å². The monoisotopic (exact) mass is 354 g/mol. The second-order valence-corrected chi connectivity index (χ2v) is 6.79.